The lowest BCUT2D eigenvalue weighted by Gasteiger charge is -2.29. The van der Waals surface area contributed by atoms with Gasteiger partial charge < -0.3 is 14.4 Å². The summed E-state index contributed by atoms with van der Waals surface area (Å²) in [6, 6.07) is 10.2. The fourth-order valence-electron chi connectivity index (χ4n) is 3.77. The molecule has 0 bridgehead atoms. The van der Waals surface area contributed by atoms with Crippen molar-refractivity contribution in [2.45, 2.75) is 26.3 Å². The minimum atomic E-state index is -0.289. The fraction of sp³-hybridized carbons (Fsp3) is 0.304. The predicted molar refractivity (Wildman–Crippen MR) is 115 cm³/mol. The van der Waals surface area contributed by atoms with Crippen molar-refractivity contribution in [1.82, 2.24) is 9.88 Å². The van der Waals surface area contributed by atoms with E-state index in [1.807, 2.05) is 24.0 Å². The minimum Gasteiger partial charge on any atom is -0.493 e. The SMILES string of the molecule is COc1cc2c(cc1OC)CN(C(=O)Cc1sc(C)nc1-c1ccc(F)cc1)CC2. The third kappa shape index (κ3) is 4.03. The van der Waals surface area contributed by atoms with E-state index in [1.165, 1.54) is 29.0 Å². The molecule has 3 aromatic rings. The maximum absolute atomic E-state index is 13.3. The lowest BCUT2D eigenvalue weighted by atomic mass is 9.98. The maximum Gasteiger partial charge on any atom is 0.228 e. The normalized spacial score (nSPS) is 13.1. The van der Waals surface area contributed by atoms with Crippen molar-refractivity contribution < 1.29 is 18.7 Å². The number of halogens is 1. The molecule has 0 atom stereocenters. The molecule has 4 rings (SSSR count). The van der Waals surface area contributed by atoms with Crippen LogP contribution < -0.4 is 9.47 Å². The number of fused-ring (bicyclic) bond motifs is 1. The molecule has 0 fully saturated rings. The van der Waals surface area contributed by atoms with Crippen LogP contribution in [-0.2, 0) is 24.2 Å². The number of nitrogens with zero attached hydrogens (tertiary/aromatic N) is 2. The number of benzene rings is 2. The minimum absolute atomic E-state index is 0.0578. The third-order valence-corrected chi connectivity index (χ3v) is 6.28. The van der Waals surface area contributed by atoms with E-state index in [1.54, 1.807) is 26.4 Å². The Morgan fingerprint density at radius 3 is 2.47 bits per heavy atom. The molecule has 0 saturated heterocycles. The first-order valence-corrected chi connectivity index (χ1v) is 10.5. The van der Waals surface area contributed by atoms with E-state index < -0.39 is 0 Å². The van der Waals surface area contributed by atoms with Crippen LogP contribution in [0.4, 0.5) is 4.39 Å². The molecule has 5 nitrogen and oxygen atoms in total. The van der Waals surface area contributed by atoms with Crippen LogP contribution in [0.15, 0.2) is 36.4 Å². The van der Waals surface area contributed by atoms with Crippen LogP contribution in [0.1, 0.15) is 21.0 Å². The van der Waals surface area contributed by atoms with Gasteiger partial charge in [-0.1, -0.05) is 0 Å². The summed E-state index contributed by atoms with van der Waals surface area (Å²) in [5.41, 5.74) is 3.84. The summed E-state index contributed by atoms with van der Waals surface area (Å²) in [5.74, 6) is 1.15. The highest BCUT2D eigenvalue weighted by Gasteiger charge is 2.24. The van der Waals surface area contributed by atoms with Crippen LogP contribution in [0, 0.1) is 12.7 Å². The largest absolute Gasteiger partial charge is 0.493 e. The number of carbonyl (C=O) groups is 1. The first kappa shape index (κ1) is 20.3. The molecule has 1 aliphatic heterocycles. The van der Waals surface area contributed by atoms with E-state index in [9.17, 15) is 9.18 Å². The molecule has 0 N–H and O–H groups in total. The van der Waals surface area contributed by atoms with Gasteiger partial charge in [0.05, 0.1) is 31.3 Å². The number of methoxy groups -OCH3 is 2. The van der Waals surface area contributed by atoms with Crippen LogP contribution >= 0.6 is 11.3 Å². The Bertz CT molecular complexity index is 1080. The third-order valence-electron chi connectivity index (χ3n) is 5.30. The number of carbonyl (C=O) groups excluding carboxylic acids is 1. The second-order valence-corrected chi connectivity index (χ2v) is 8.52. The summed E-state index contributed by atoms with van der Waals surface area (Å²) in [6.07, 6.45) is 1.05. The smallest absolute Gasteiger partial charge is 0.228 e. The molecule has 1 amide bonds. The van der Waals surface area contributed by atoms with Gasteiger partial charge >= 0.3 is 0 Å². The molecule has 0 unspecified atom stereocenters. The van der Waals surface area contributed by atoms with Crippen LogP contribution in [-0.4, -0.2) is 36.6 Å². The second kappa shape index (κ2) is 8.44. The molecule has 0 aliphatic carbocycles. The Hall–Kier alpha value is -2.93. The highest BCUT2D eigenvalue weighted by molar-refractivity contribution is 7.12. The number of thiazole rings is 1. The van der Waals surface area contributed by atoms with Gasteiger partial charge in [0, 0.05) is 23.5 Å². The quantitative estimate of drug-likeness (QED) is 0.607. The lowest BCUT2D eigenvalue weighted by Crippen LogP contribution is -2.36. The van der Waals surface area contributed by atoms with Gasteiger partial charge in [0.15, 0.2) is 11.5 Å². The van der Waals surface area contributed by atoms with E-state index in [0.717, 1.165) is 33.1 Å². The Morgan fingerprint density at radius 1 is 1.13 bits per heavy atom. The highest BCUT2D eigenvalue weighted by atomic mass is 32.1. The topological polar surface area (TPSA) is 51.7 Å². The molecule has 2 heterocycles. The summed E-state index contributed by atoms with van der Waals surface area (Å²) in [5, 5.41) is 0.887. The molecule has 1 aromatic heterocycles. The van der Waals surface area contributed by atoms with Crippen molar-refractivity contribution in [3.05, 3.63) is 63.2 Å². The molecule has 0 saturated carbocycles. The number of aryl methyl sites for hydroxylation is 1. The maximum atomic E-state index is 13.3. The molecular weight excluding hydrogens is 403 g/mol. The number of ether oxygens (including phenoxy) is 2. The van der Waals surface area contributed by atoms with Crippen LogP contribution in [0.2, 0.25) is 0 Å². The van der Waals surface area contributed by atoms with Gasteiger partial charge in [0.1, 0.15) is 5.82 Å². The summed E-state index contributed by atoms with van der Waals surface area (Å²) < 4.78 is 24.1. The van der Waals surface area contributed by atoms with E-state index in [-0.39, 0.29) is 18.1 Å². The molecule has 7 heteroatoms. The molecular formula is C23H23FN2O3S. The zero-order valence-corrected chi connectivity index (χ0v) is 18.0. The average Bonchev–Trinajstić information content (AvgIpc) is 3.12. The van der Waals surface area contributed by atoms with Crippen LogP contribution in [0.5, 0.6) is 11.5 Å². The van der Waals surface area contributed by atoms with E-state index >= 15 is 0 Å². The van der Waals surface area contributed by atoms with Gasteiger partial charge in [-0.15, -0.1) is 11.3 Å². The van der Waals surface area contributed by atoms with Crippen molar-refractivity contribution in [3.8, 4) is 22.8 Å². The van der Waals surface area contributed by atoms with Crippen molar-refractivity contribution in [2.75, 3.05) is 20.8 Å². The van der Waals surface area contributed by atoms with Gasteiger partial charge in [-0.2, -0.15) is 0 Å². The summed E-state index contributed by atoms with van der Waals surface area (Å²) in [7, 11) is 3.23. The number of rotatable bonds is 5. The van der Waals surface area contributed by atoms with Gasteiger partial charge in [-0.05, 0) is 60.9 Å². The van der Waals surface area contributed by atoms with Gasteiger partial charge in [-0.3, -0.25) is 4.79 Å². The van der Waals surface area contributed by atoms with Crippen LogP contribution in [0.3, 0.4) is 0 Å². The molecule has 30 heavy (non-hydrogen) atoms. The monoisotopic (exact) mass is 426 g/mol. The summed E-state index contributed by atoms with van der Waals surface area (Å²) in [6.45, 7) is 3.12. The molecule has 0 spiro atoms. The zero-order chi connectivity index (χ0) is 21.3. The van der Waals surface area contributed by atoms with Gasteiger partial charge in [0.2, 0.25) is 5.91 Å². The number of hydrogen-bond donors (Lipinski definition) is 0. The van der Waals surface area contributed by atoms with E-state index in [0.29, 0.717) is 24.6 Å². The molecule has 0 radical (unpaired) electrons. The summed E-state index contributed by atoms with van der Waals surface area (Å²) in [4.78, 5) is 20.4. The fourth-order valence-corrected chi connectivity index (χ4v) is 4.72. The van der Waals surface area contributed by atoms with Crippen LogP contribution in [0.25, 0.3) is 11.3 Å². The highest BCUT2D eigenvalue weighted by Crippen LogP contribution is 2.34. The Balaban J connectivity index is 1.54. The first-order chi connectivity index (χ1) is 14.5. The lowest BCUT2D eigenvalue weighted by molar-refractivity contribution is -0.131. The summed E-state index contributed by atoms with van der Waals surface area (Å²) >= 11 is 1.51. The first-order valence-electron chi connectivity index (χ1n) is 9.72. The van der Waals surface area contributed by atoms with Gasteiger partial charge in [-0.25, -0.2) is 9.37 Å². The number of aromatic nitrogens is 1. The van der Waals surface area contributed by atoms with E-state index in [4.69, 9.17) is 9.47 Å². The van der Waals surface area contributed by atoms with Gasteiger partial charge in [0.25, 0.3) is 0 Å². The Kier molecular flexibility index (Phi) is 5.72. The zero-order valence-electron chi connectivity index (χ0n) is 17.2. The number of hydrogen-bond acceptors (Lipinski definition) is 5. The Labute approximate surface area is 179 Å². The molecule has 2 aromatic carbocycles. The number of amides is 1. The van der Waals surface area contributed by atoms with E-state index in [2.05, 4.69) is 4.98 Å². The second-order valence-electron chi connectivity index (χ2n) is 7.23. The van der Waals surface area contributed by atoms with Crippen molar-refractivity contribution in [3.63, 3.8) is 0 Å². The van der Waals surface area contributed by atoms with Crippen molar-refractivity contribution >= 4 is 17.2 Å². The standard InChI is InChI=1S/C23H23FN2O3S/c1-14-25-23(15-4-6-18(24)7-5-15)21(30-14)12-22(27)26-9-8-16-10-19(28-2)20(29-3)11-17(16)13-26/h4-7,10-11H,8-9,12-13H2,1-3H3. The van der Waals surface area contributed by atoms with Crippen molar-refractivity contribution in [1.29, 1.82) is 0 Å². The molecule has 1 aliphatic rings. The molecule has 156 valence electrons. The Morgan fingerprint density at radius 2 is 1.80 bits per heavy atom. The average molecular weight is 427 g/mol. The van der Waals surface area contributed by atoms with Crippen molar-refractivity contribution in [2.24, 2.45) is 0 Å². The predicted octanol–water partition coefficient (Wildman–Crippen LogP) is 4.40.